The van der Waals surface area contributed by atoms with Gasteiger partial charge in [-0.05, 0) is 6.92 Å². The van der Waals surface area contributed by atoms with Gasteiger partial charge in [0.25, 0.3) is 11.0 Å². The minimum Gasteiger partial charge on any atom is -0.269 e. The van der Waals surface area contributed by atoms with E-state index in [0.717, 1.165) is 0 Å². The average molecular weight is 142 g/mol. The summed E-state index contributed by atoms with van der Waals surface area (Å²) < 4.78 is 34.7. The molecule has 0 bridgehead atoms. The van der Waals surface area contributed by atoms with E-state index in [2.05, 4.69) is 4.18 Å². The molecule has 0 aliphatic carbocycles. The van der Waals surface area contributed by atoms with E-state index >= 15 is 0 Å². The Balaban J connectivity index is 3.18. The third-order valence-corrected chi connectivity index (χ3v) is 0.769. The highest BCUT2D eigenvalue weighted by Gasteiger charge is 1.96. The van der Waals surface area contributed by atoms with E-state index in [1.165, 1.54) is 6.92 Å². The number of alkyl halides is 1. The molecule has 0 aromatic heterocycles. The Morgan fingerprint density at radius 1 is 1.75 bits per heavy atom. The van der Waals surface area contributed by atoms with E-state index in [0.29, 0.717) is 0 Å². The van der Waals surface area contributed by atoms with Crippen LogP contribution in [0.3, 0.4) is 0 Å². The summed E-state index contributed by atoms with van der Waals surface area (Å²) in [6.45, 7) is 0.845. The van der Waals surface area contributed by atoms with Gasteiger partial charge in [0.15, 0.2) is 0 Å². The Morgan fingerprint density at radius 2 is 2.25 bits per heavy atom. The van der Waals surface area contributed by atoms with E-state index in [4.69, 9.17) is 0 Å². The smallest absolute Gasteiger partial charge is 0.257 e. The van der Waals surface area contributed by atoms with E-state index in [-0.39, 0.29) is 6.61 Å². The highest BCUT2D eigenvalue weighted by molar-refractivity contribution is 7.67. The maximum absolute atomic E-state index is 11.7. The molecule has 0 radical (unpaired) electrons. The van der Waals surface area contributed by atoms with Crippen molar-refractivity contribution in [2.45, 2.75) is 13.1 Å². The van der Waals surface area contributed by atoms with Crippen LogP contribution in [-0.2, 0) is 15.2 Å². The highest BCUT2D eigenvalue weighted by Crippen LogP contribution is 1.87. The molecule has 0 aliphatic heterocycles. The molecule has 50 valence electrons. The first kappa shape index (κ1) is 7.84. The monoisotopic (exact) mass is 142 g/mol. The predicted molar refractivity (Wildman–Crippen MR) is 26.8 cm³/mol. The molecule has 0 saturated carbocycles. The molecule has 0 aliphatic rings. The lowest BCUT2D eigenvalue weighted by molar-refractivity contribution is 0.221. The summed E-state index contributed by atoms with van der Waals surface area (Å²) in [4.78, 5) is 0. The van der Waals surface area contributed by atoms with Crippen molar-refractivity contribution in [3.8, 4) is 0 Å². The van der Waals surface area contributed by atoms with E-state index in [1.807, 2.05) is 0 Å². The van der Waals surface area contributed by atoms with Crippen molar-refractivity contribution in [3.63, 3.8) is 0 Å². The Hall–Kier alpha value is -0.160. The second-order valence-electron chi connectivity index (χ2n) is 1.30. The fraction of sp³-hybridized carbons (Fsp3) is 1.00. The first-order chi connectivity index (χ1) is 3.63. The van der Waals surface area contributed by atoms with Crippen molar-refractivity contribution in [1.82, 2.24) is 0 Å². The standard InChI is InChI=1S/C3H7FO3S/c1-3(4)2-7-8(5)6/h3,8H,2H2,1H3. The predicted octanol–water partition coefficient (Wildman–Crippen LogP) is -0.113. The van der Waals surface area contributed by atoms with Gasteiger partial charge in [-0.15, -0.1) is 0 Å². The molecule has 0 spiro atoms. The van der Waals surface area contributed by atoms with Gasteiger partial charge in [-0.1, -0.05) is 0 Å². The van der Waals surface area contributed by atoms with Gasteiger partial charge in [-0.25, -0.2) is 12.8 Å². The summed E-state index contributed by atoms with van der Waals surface area (Å²) in [5, 5.41) is 0. The molecule has 5 heteroatoms. The van der Waals surface area contributed by atoms with E-state index in [1.54, 1.807) is 0 Å². The minimum absolute atomic E-state index is 0.376. The van der Waals surface area contributed by atoms with Crippen molar-refractivity contribution in [2.75, 3.05) is 6.61 Å². The van der Waals surface area contributed by atoms with Crippen LogP contribution in [0.15, 0.2) is 0 Å². The largest absolute Gasteiger partial charge is 0.269 e. The fourth-order valence-electron chi connectivity index (χ4n) is 0.164. The van der Waals surface area contributed by atoms with Crippen LogP contribution in [0.5, 0.6) is 0 Å². The van der Waals surface area contributed by atoms with Crippen molar-refractivity contribution in [2.24, 2.45) is 0 Å². The molecule has 0 aromatic rings. The molecule has 0 saturated heterocycles. The van der Waals surface area contributed by atoms with Crippen LogP contribution in [-0.4, -0.2) is 21.2 Å². The topological polar surface area (TPSA) is 43.4 Å². The van der Waals surface area contributed by atoms with Gasteiger partial charge in [-0.2, -0.15) is 0 Å². The van der Waals surface area contributed by atoms with Crippen LogP contribution in [0.4, 0.5) is 4.39 Å². The first-order valence-corrected chi connectivity index (χ1v) is 3.14. The number of rotatable bonds is 3. The molecule has 0 aromatic carbocycles. The van der Waals surface area contributed by atoms with Crippen LogP contribution in [0.25, 0.3) is 0 Å². The van der Waals surface area contributed by atoms with Crippen LogP contribution in [0.2, 0.25) is 0 Å². The van der Waals surface area contributed by atoms with Crippen LogP contribution < -0.4 is 0 Å². The number of halogens is 1. The molecule has 1 atom stereocenters. The maximum Gasteiger partial charge on any atom is 0.257 e. The zero-order chi connectivity index (χ0) is 6.57. The van der Waals surface area contributed by atoms with Crippen molar-refractivity contribution in [1.29, 1.82) is 0 Å². The van der Waals surface area contributed by atoms with Crippen molar-refractivity contribution < 1.29 is 17.0 Å². The zero-order valence-corrected chi connectivity index (χ0v) is 5.23. The summed E-state index contributed by atoms with van der Waals surface area (Å²) in [5.74, 6) is 0. The lowest BCUT2D eigenvalue weighted by Gasteiger charge is -1.93. The Kier molecular flexibility index (Phi) is 3.72. The Bertz CT molecular complexity index is 112. The second kappa shape index (κ2) is 3.80. The molecule has 1 unspecified atom stereocenters. The van der Waals surface area contributed by atoms with Gasteiger partial charge in [0.2, 0.25) is 0 Å². The zero-order valence-electron chi connectivity index (χ0n) is 4.33. The van der Waals surface area contributed by atoms with Gasteiger partial charge in [0.05, 0.1) is 6.61 Å². The molecule has 0 amide bonds. The van der Waals surface area contributed by atoms with Gasteiger partial charge in [0.1, 0.15) is 6.17 Å². The summed E-state index contributed by atoms with van der Waals surface area (Å²) >= 11 is 0. The lowest BCUT2D eigenvalue weighted by atomic mass is 10.5. The quantitative estimate of drug-likeness (QED) is 0.559. The normalized spacial score (nSPS) is 14.4. The summed E-state index contributed by atoms with van der Waals surface area (Å²) in [7, 11) is -2.87. The van der Waals surface area contributed by atoms with Crippen LogP contribution >= 0.6 is 0 Å². The second-order valence-corrected chi connectivity index (χ2v) is 2.01. The number of hydrogen-bond acceptors (Lipinski definition) is 3. The third kappa shape index (κ3) is 5.84. The van der Waals surface area contributed by atoms with Crippen LogP contribution in [0, 0.1) is 0 Å². The Labute approximate surface area is 48.6 Å². The summed E-state index contributed by atoms with van der Waals surface area (Å²) in [6.07, 6.45) is -1.22. The minimum atomic E-state index is -2.87. The molecule has 0 N–H and O–H groups in total. The van der Waals surface area contributed by atoms with Gasteiger partial charge in [0, 0.05) is 0 Å². The fourth-order valence-corrected chi connectivity index (χ4v) is 0.491. The van der Waals surface area contributed by atoms with E-state index in [9.17, 15) is 12.8 Å². The van der Waals surface area contributed by atoms with Crippen molar-refractivity contribution in [3.05, 3.63) is 0 Å². The van der Waals surface area contributed by atoms with Gasteiger partial charge < -0.3 is 0 Å². The highest BCUT2D eigenvalue weighted by atomic mass is 32.2. The molecular weight excluding hydrogens is 135 g/mol. The molecule has 3 nitrogen and oxygen atoms in total. The SMILES string of the molecule is CC(F)CO[SH](=O)=O. The van der Waals surface area contributed by atoms with E-state index < -0.39 is 17.2 Å². The van der Waals surface area contributed by atoms with Crippen LogP contribution in [0.1, 0.15) is 6.92 Å². The molecular formula is C3H7FO3S. The molecule has 0 heterocycles. The first-order valence-electron chi connectivity index (χ1n) is 2.04. The summed E-state index contributed by atoms with van der Waals surface area (Å²) in [5.41, 5.74) is 0. The third-order valence-electron chi connectivity index (χ3n) is 0.410. The molecule has 0 fully saturated rings. The Morgan fingerprint density at radius 3 is 2.38 bits per heavy atom. The number of hydrogen-bond donors (Lipinski definition) is 1. The molecule has 0 rings (SSSR count). The summed E-state index contributed by atoms with van der Waals surface area (Å²) in [6, 6.07) is 0. The molecule has 8 heavy (non-hydrogen) atoms. The van der Waals surface area contributed by atoms with Crippen molar-refractivity contribution >= 4 is 11.0 Å². The number of thiol groups is 1. The van der Waals surface area contributed by atoms with Gasteiger partial charge >= 0.3 is 0 Å². The van der Waals surface area contributed by atoms with Gasteiger partial charge in [-0.3, -0.25) is 4.18 Å². The maximum atomic E-state index is 11.7. The lowest BCUT2D eigenvalue weighted by Crippen LogP contribution is -2.03. The average Bonchev–Trinajstić information content (AvgIpc) is 1.61.